The van der Waals surface area contributed by atoms with E-state index in [9.17, 15) is 4.79 Å². The average Bonchev–Trinajstić information content (AvgIpc) is 2.80. The van der Waals surface area contributed by atoms with Gasteiger partial charge in [0, 0.05) is 18.2 Å². The third kappa shape index (κ3) is 8.29. The van der Waals surface area contributed by atoms with Gasteiger partial charge in [-0.2, -0.15) is 0 Å². The van der Waals surface area contributed by atoms with Crippen molar-refractivity contribution in [1.82, 2.24) is 10.2 Å². The number of hydrogen-bond donors (Lipinski definition) is 2. The van der Waals surface area contributed by atoms with Gasteiger partial charge >= 0.3 is 0 Å². The normalized spacial score (nSPS) is 15.8. The summed E-state index contributed by atoms with van der Waals surface area (Å²) in [6.07, 6.45) is 2.69. The van der Waals surface area contributed by atoms with Gasteiger partial charge in [0.15, 0.2) is 0 Å². The summed E-state index contributed by atoms with van der Waals surface area (Å²) in [5.41, 5.74) is 8.41. The van der Waals surface area contributed by atoms with E-state index in [1.165, 1.54) is 0 Å². The van der Waals surface area contributed by atoms with Crippen LogP contribution >= 0.6 is 48.0 Å². The van der Waals surface area contributed by atoms with E-state index in [1.807, 2.05) is 54.6 Å². The van der Waals surface area contributed by atoms with Crippen LogP contribution in [0.4, 0.5) is 0 Å². The largest absolute Gasteiger partial charge is 0.348 e. The van der Waals surface area contributed by atoms with Crippen molar-refractivity contribution in [2.75, 3.05) is 26.2 Å². The predicted molar refractivity (Wildman–Crippen MR) is 149 cm³/mol. The van der Waals surface area contributed by atoms with Gasteiger partial charge in [0.05, 0.1) is 0 Å². The highest BCUT2D eigenvalue weighted by Gasteiger charge is 2.38. The number of likely N-dealkylation sites (tertiary alicyclic amines) is 1. The maximum atomic E-state index is 12.8. The fourth-order valence-corrected chi connectivity index (χ4v) is 5.01. The van der Waals surface area contributed by atoms with Crippen molar-refractivity contribution in [1.29, 1.82) is 0 Å². The van der Waals surface area contributed by atoms with Crippen LogP contribution in [-0.4, -0.2) is 43.0 Å². The second-order valence-corrected chi connectivity index (χ2v) is 10.5. The van der Waals surface area contributed by atoms with Gasteiger partial charge in [-0.15, -0.1) is 24.8 Å². The fraction of sp³-hybridized carbons (Fsp3) is 0.500. The standard InChI is InChI=1S/C26H35Cl2N3O.2ClH/c1-19(2)24(30-25(32)21-10-8-20(9-11-21)12-15-29)18-31-16-13-23(14-17-31)26(27,28)22-6-4-3-5-7-22;;/h3-11,19,23-24H,12-18,29H2,1-2H3,(H,30,32);2*1H/t24-;;/m0../s1. The Labute approximate surface area is 226 Å². The molecule has 3 N–H and O–H groups in total. The number of hydrogen-bond acceptors (Lipinski definition) is 3. The minimum absolute atomic E-state index is 0. The molecule has 34 heavy (non-hydrogen) atoms. The molecule has 2 aromatic rings. The molecule has 3 rings (SSSR count). The Bertz CT molecular complexity index is 854. The summed E-state index contributed by atoms with van der Waals surface area (Å²) in [5, 5.41) is 3.24. The summed E-state index contributed by atoms with van der Waals surface area (Å²) in [5.74, 6) is 0.517. The van der Waals surface area contributed by atoms with Crippen LogP contribution < -0.4 is 11.1 Å². The van der Waals surface area contributed by atoms with Crippen LogP contribution in [0.3, 0.4) is 0 Å². The molecular formula is C26H37Cl4N3O. The Balaban J connectivity index is 0.00000289. The molecule has 1 heterocycles. The number of nitrogens with one attached hydrogen (secondary N) is 1. The number of nitrogens with zero attached hydrogens (tertiary/aromatic N) is 1. The molecule has 1 atom stereocenters. The number of carbonyl (C=O) groups is 1. The lowest BCUT2D eigenvalue weighted by Crippen LogP contribution is -2.49. The molecule has 190 valence electrons. The second kappa shape index (κ2) is 14.5. The number of rotatable bonds is 9. The molecule has 1 fully saturated rings. The van der Waals surface area contributed by atoms with E-state index < -0.39 is 4.33 Å². The molecule has 0 unspecified atom stereocenters. The van der Waals surface area contributed by atoms with E-state index in [4.69, 9.17) is 28.9 Å². The lowest BCUT2D eigenvalue weighted by molar-refractivity contribution is 0.0891. The number of halogens is 4. The smallest absolute Gasteiger partial charge is 0.251 e. The summed E-state index contributed by atoms with van der Waals surface area (Å²) in [7, 11) is 0. The zero-order chi connectivity index (χ0) is 23.1. The number of benzene rings is 2. The zero-order valence-corrected chi connectivity index (χ0v) is 23.0. The summed E-state index contributed by atoms with van der Waals surface area (Å²) in [4.78, 5) is 15.2. The van der Waals surface area contributed by atoms with Crippen LogP contribution in [0.1, 0.15) is 48.2 Å². The van der Waals surface area contributed by atoms with Crippen molar-refractivity contribution in [3.05, 3.63) is 71.3 Å². The van der Waals surface area contributed by atoms with E-state index >= 15 is 0 Å². The molecular weight excluding hydrogens is 512 g/mol. The van der Waals surface area contributed by atoms with Crippen LogP contribution in [0.25, 0.3) is 0 Å². The van der Waals surface area contributed by atoms with Crippen LogP contribution in [0.2, 0.25) is 0 Å². The van der Waals surface area contributed by atoms with Crippen molar-refractivity contribution in [3.63, 3.8) is 0 Å². The van der Waals surface area contributed by atoms with Gasteiger partial charge < -0.3 is 16.0 Å². The summed E-state index contributed by atoms with van der Waals surface area (Å²) in [6, 6.07) is 17.7. The van der Waals surface area contributed by atoms with Gasteiger partial charge in [0.25, 0.3) is 5.91 Å². The van der Waals surface area contributed by atoms with Gasteiger partial charge in [-0.3, -0.25) is 4.79 Å². The lowest BCUT2D eigenvalue weighted by Gasteiger charge is -2.39. The third-order valence-electron chi connectivity index (χ3n) is 6.48. The van der Waals surface area contributed by atoms with Crippen molar-refractivity contribution in [2.24, 2.45) is 17.6 Å². The van der Waals surface area contributed by atoms with Crippen LogP contribution in [0.15, 0.2) is 54.6 Å². The Morgan fingerprint density at radius 3 is 2.18 bits per heavy atom. The fourth-order valence-electron chi connectivity index (χ4n) is 4.32. The number of nitrogens with two attached hydrogens (primary N) is 1. The Kier molecular flexibility index (Phi) is 13.3. The molecule has 0 radical (unpaired) electrons. The van der Waals surface area contributed by atoms with Gasteiger partial charge in [-0.05, 0) is 74.0 Å². The van der Waals surface area contributed by atoms with Gasteiger partial charge in [0.2, 0.25) is 0 Å². The quantitative estimate of drug-likeness (QED) is 0.388. The summed E-state index contributed by atoms with van der Waals surface area (Å²) < 4.78 is -0.866. The Morgan fingerprint density at radius 2 is 1.65 bits per heavy atom. The van der Waals surface area contributed by atoms with Gasteiger partial charge in [0.1, 0.15) is 4.33 Å². The van der Waals surface area contributed by atoms with E-state index in [1.54, 1.807) is 0 Å². The molecule has 1 saturated heterocycles. The van der Waals surface area contributed by atoms with Crippen LogP contribution in [0.5, 0.6) is 0 Å². The maximum Gasteiger partial charge on any atom is 0.251 e. The topological polar surface area (TPSA) is 58.4 Å². The van der Waals surface area contributed by atoms with Gasteiger partial charge in [-0.1, -0.05) is 79.5 Å². The Morgan fingerprint density at radius 1 is 1.06 bits per heavy atom. The predicted octanol–water partition coefficient (Wildman–Crippen LogP) is 5.83. The first-order valence-corrected chi connectivity index (χ1v) is 12.3. The van der Waals surface area contributed by atoms with Crippen molar-refractivity contribution in [2.45, 2.75) is 43.5 Å². The first-order valence-electron chi connectivity index (χ1n) is 11.6. The second-order valence-electron chi connectivity index (χ2n) is 9.12. The molecule has 2 aromatic carbocycles. The highest BCUT2D eigenvalue weighted by Crippen LogP contribution is 2.45. The number of carbonyl (C=O) groups excluding carboxylic acids is 1. The molecule has 4 nitrogen and oxygen atoms in total. The van der Waals surface area contributed by atoms with Crippen molar-refractivity contribution < 1.29 is 4.79 Å². The van der Waals surface area contributed by atoms with Crippen molar-refractivity contribution >= 4 is 53.9 Å². The van der Waals surface area contributed by atoms with Crippen LogP contribution in [0, 0.1) is 11.8 Å². The van der Waals surface area contributed by atoms with E-state index in [0.29, 0.717) is 18.0 Å². The minimum atomic E-state index is -0.866. The zero-order valence-electron chi connectivity index (χ0n) is 19.9. The SMILES string of the molecule is CC(C)[C@H](CN1CCC(C(Cl)(Cl)c2ccccc2)CC1)NC(=O)c1ccc(CCN)cc1.Cl.Cl. The third-order valence-corrected chi connectivity index (χ3v) is 7.54. The maximum absolute atomic E-state index is 12.8. The highest BCUT2D eigenvalue weighted by atomic mass is 35.5. The molecule has 0 spiro atoms. The molecule has 0 aliphatic carbocycles. The monoisotopic (exact) mass is 547 g/mol. The number of amides is 1. The average molecular weight is 549 g/mol. The molecule has 8 heteroatoms. The first kappa shape index (κ1) is 31.0. The molecule has 0 saturated carbocycles. The summed E-state index contributed by atoms with van der Waals surface area (Å²) in [6.45, 7) is 7.58. The van der Waals surface area contributed by atoms with Crippen molar-refractivity contribution in [3.8, 4) is 0 Å². The van der Waals surface area contributed by atoms with E-state index in [2.05, 4.69) is 24.1 Å². The lowest BCUT2D eigenvalue weighted by atomic mass is 9.88. The molecule has 1 aliphatic rings. The first-order chi connectivity index (χ1) is 15.3. The Hall–Kier alpha value is -1.01. The molecule has 1 amide bonds. The van der Waals surface area contributed by atoms with E-state index in [0.717, 1.165) is 50.0 Å². The molecule has 0 aromatic heterocycles. The van der Waals surface area contributed by atoms with Gasteiger partial charge in [-0.25, -0.2) is 0 Å². The summed E-state index contributed by atoms with van der Waals surface area (Å²) >= 11 is 13.6. The number of alkyl halides is 2. The van der Waals surface area contributed by atoms with Crippen LogP contribution in [-0.2, 0) is 10.8 Å². The van der Waals surface area contributed by atoms with E-state index in [-0.39, 0.29) is 42.7 Å². The number of piperidine rings is 1. The molecule has 0 bridgehead atoms. The minimum Gasteiger partial charge on any atom is -0.348 e. The molecule has 1 aliphatic heterocycles. The highest BCUT2D eigenvalue weighted by molar-refractivity contribution is 6.48.